The summed E-state index contributed by atoms with van der Waals surface area (Å²) in [5, 5.41) is 12.6. The minimum absolute atomic E-state index is 0. The number of halogens is 2. The Balaban J connectivity index is 0.000000167. The number of nitrogens with one attached hydrogen (secondary N) is 2. The Morgan fingerprint density at radius 3 is 2.76 bits per heavy atom. The number of benzene rings is 1. The van der Waals surface area contributed by atoms with Gasteiger partial charge in [-0.1, -0.05) is 18.2 Å². The number of aromatic amines is 1. The molecular formula is C20H21ClFN3O3S. The standard InChI is InChI=1S/C10H12FN.C10H8N2O3S.ClH/c11-10-4-2-1-3-9(10)8-5-6-12-7-8;13-8-6-4-2-1-3-5(4)16-9(6)12-7(11-8)10(14)15;/h1-4,8,12H,5-7H2;1-3H2,(H,14,15)(H,11,12,13);1H. The molecule has 9 heteroatoms. The molecule has 0 bridgehead atoms. The van der Waals surface area contributed by atoms with Crippen LogP contribution in [0, 0.1) is 5.82 Å². The van der Waals surface area contributed by atoms with Crippen molar-refractivity contribution in [2.24, 2.45) is 0 Å². The minimum Gasteiger partial charge on any atom is -0.475 e. The summed E-state index contributed by atoms with van der Waals surface area (Å²) in [6.07, 6.45) is 3.99. The first-order valence-electron chi connectivity index (χ1n) is 9.27. The molecule has 3 N–H and O–H groups in total. The molecule has 1 saturated heterocycles. The number of rotatable bonds is 2. The Kier molecular flexibility index (Phi) is 6.66. The van der Waals surface area contributed by atoms with Crippen molar-refractivity contribution >= 4 is 39.9 Å². The summed E-state index contributed by atoms with van der Waals surface area (Å²) >= 11 is 1.44. The first-order valence-corrected chi connectivity index (χ1v) is 10.1. The third kappa shape index (κ3) is 4.34. The maximum Gasteiger partial charge on any atom is 0.372 e. The Morgan fingerprint density at radius 1 is 1.28 bits per heavy atom. The van der Waals surface area contributed by atoms with Crippen LogP contribution >= 0.6 is 23.7 Å². The Hall–Kier alpha value is -2.29. The number of aromatic carboxylic acids is 1. The van der Waals surface area contributed by atoms with Gasteiger partial charge in [0, 0.05) is 17.3 Å². The molecule has 1 fully saturated rings. The lowest BCUT2D eigenvalue weighted by atomic mass is 9.98. The van der Waals surface area contributed by atoms with Gasteiger partial charge < -0.3 is 15.4 Å². The van der Waals surface area contributed by atoms with Gasteiger partial charge in [-0.25, -0.2) is 14.2 Å². The molecule has 1 atom stereocenters. The third-order valence-corrected chi connectivity index (χ3v) is 6.37. The summed E-state index contributed by atoms with van der Waals surface area (Å²) < 4.78 is 13.2. The zero-order valence-electron chi connectivity index (χ0n) is 15.5. The van der Waals surface area contributed by atoms with Crippen molar-refractivity contribution in [1.82, 2.24) is 15.3 Å². The van der Waals surface area contributed by atoms with Crippen molar-refractivity contribution in [2.75, 3.05) is 13.1 Å². The van der Waals surface area contributed by atoms with Gasteiger partial charge in [-0.3, -0.25) is 4.79 Å². The second-order valence-electron chi connectivity index (χ2n) is 6.97. The van der Waals surface area contributed by atoms with Crippen molar-refractivity contribution in [3.63, 3.8) is 0 Å². The highest BCUT2D eigenvalue weighted by Gasteiger charge is 2.22. The minimum atomic E-state index is -1.20. The summed E-state index contributed by atoms with van der Waals surface area (Å²) in [6, 6.07) is 7.05. The van der Waals surface area contributed by atoms with Crippen LogP contribution in [-0.4, -0.2) is 34.1 Å². The van der Waals surface area contributed by atoms with E-state index in [1.807, 2.05) is 12.1 Å². The SMILES string of the molecule is Cl.Fc1ccccc1C1CCNC1.O=C(O)c1nc2sc3c(c2c(=O)[nH]1)CCC3. The van der Waals surface area contributed by atoms with E-state index < -0.39 is 5.97 Å². The van der Waals surface area contributed by atoms with Gasteiger partial charge >= 0.3 is 5.97 Å². The average molecular weight is 438 g/mol. The molecule has 3 aromatic rings. The van der Waals surface area contributed by atoms with Crippen molar-refractivity contribution < 1.29 is 14.3 Å². The third-order valence-electron chi connectivity index (χ3n) is 5.18. The van der Waals surface area contributed by atoms with E-state index in [9.17, 15) is 14.0 Å². The van der Waals surface area contributed by atoms with E-state index in [0.717, 1.165) is 49.9 Å². The first-order chi connectivity index (χ1) is 13.5. The van der Waals surface area contributed by atoms with Crippen molar-refractivity contribution in [1.29, 1.82) is 0 Å². The fourth-order valence-electron chi connectivity index (χ4n) is 3.83. The average Bonchev–Trinajstić information content (AvgIpc) is 3.39. The lowest BCUT2D eigenvalue weighted by Gasteiger charge is -2.08. The molecule has 2 aliphatic rings. The van der Waals surface area contributed by atoms with Crippen molar-refractivity contribution in [3.8, 4) is 0 Å². The molecule has 29 heavy (non-hydrogen) atoms. The molecule has 1 unspecified atom stereocenters. The molecule has 2 aromatic heterocycles. The molecule has 3 heterocycles. The van der Waals surface area contributed by atoms with Crippen molar-refractivity contribution in [3.05, 3.63) is 62.3 Å². The number of carboxylic acid groups (broad SMARTS) is 1. The van der Waals surface area contributed by atoms with Crippen LogP contribution in [0.15, 0.2) is 29.1 Å². The number of nitrogens with zero attached hydrogens (tertiary/aromatic N) is 1. The number of hydrogen-bond donors (Lipinski definition) is 3. The van der Waals surface area contributed by atoms with Gasteiger partial charge in [0.2, 0.25) is 5.82 Å². The number of hydrogen-bond acceptors (Lipinski definition) is 5. The molecule has 0 amide bonds. The first kappa shape index (κ1) is 21.4. The molecule has 0 saturated carbocycles. The molecule has 6 nitrogen and oxygen atoms in total. The van der Waals surface area contributed by atoms with E-state index in [-0.39, 0.29) is 29.6 Å². The highest BCUT2D eigenvalue weighted by Crippen LogP contribution is 2.34. The molecule has 1 aliphatic heterocycles. The number of carbonyl (C=O) groups is 1. The predicted molar refractivity (Wildman–Crippen MR) is 113 cm³/mol. The van der Waals surface area contributed by atoms with Crippen molar-refractivity contribution in [2.45, 2.75) is 31.6 Å². The van der Waals surface area contributed by atoms with Crippen LogP contribution in [0.4, 0.5) is 4.39 Å². The second-order valence-corrected chi connectivity index (χ2v) is 8.05. The highest BCUT2D eigenvalue weighted by molar-refractivity contribution is 7.18. The topological polar surface area (TPSA) is 95.1 Å². The van der Waals surface area contributed by atoms with Gasteiger partial charge in [0.05, 0.1) is 5.39 Å². The quantitative estimate of drug-likeness (QED) is 0.570. The lowest BCUT2D eigenvalue weighted by Crippen LogP contribution is -2.15. The van der Waals surface area contributed by atoms with Crippen LogP contribution < -0.4 is 10.9 Å². The summed E-state index contributed by atoms with van der Waals surface area (Å²) in [6.45, 7) is 1.93. The largest absolute Gasteiger partial charge is 0.475 e. The molecule has 1 aromatic carbocycles. The smallest absolute Gasteiger partial charge is 0.372 e. The summed E-state index contributed by atoms with van der Waals surface area (Å²) in [5.74, 6) is -1.16. The molecule has 0 radical (unpaired) electrons. The number of aryl methyl sites for hydroxylation is 2. The Labute approximate surface area is 176 Å². The zero-order chi connectivity index (χ0) is 19.7. The molecule has 0 spiro atoms. The fourth-order valence-corrected chi connectivity index (χ4v) is 5.09. The number of aromatic nitrogens is 2. The van der Waals surface area contributed by atoms with E-state index in [0.29, 0.717) is 16.1 Å². The van der Waals surface area contributed by atoms with Crippen LogP contribution in [0.3, 0.4) is 0 Å². The summed E-state index contributed by atoms with van der Waals surface area (Å²) in [7, 11) is 0. The van der Waals surface area contributed by atoms with Crippen LogP contribution in [0.5, 0.6) is 0 Å². The van der Waals surface area contributed by atoms with Gasteiger partial charge in [-0.15, -0.1) is 23.7 Å². The zero-order valence-corrected chi connectivity index (χ0v) is 17.2. The molecule has 1 aliphatic carbocycles. The monoisotopic (exact) mass is 437 g/mol. The van der Waals surface area contributed by atoms with E-state index in [2.05, 4.69) is 15.3 Å². The normalized spacial score (nSPS) is 17.3. The van der Waals surface area contributed by atoms with E-state index in [1.54, 1.807) is 6.07 Å². The highest BCUT2D eigenvalue weighted by atomic mass is 35.5. The fraction of sp³-hybridized carbons (Fsp3) is 0.350. The maximum absolute atomic E-state index is 13.2. The van der Waals surface area contributed by atoms with Gasteiger partial charge in [0.25, 0.3) is 5.56 Å². The van der Waals surface area contributed by atoms with Gasteiger partial charge in [0.15, 0.2) is 0 Å². The number of fused-ring (bicyclic) bond motifs is 3. The molecular weight excluding hydrogens is 417 g/mol. The van der Waals surface area contributed by atoms with E-state index >= 15 is 0 Å². The van der Waals surface area contributed by atoms with Crippen LogP contribution in [-0.2, 0) is 12.8 Å². The lowest BCUT2D eigenvalue weighted by molar-refractivity contribution is 0.0683. The van der Waals surface area contributed by atoms with E-state index in [4.69, 9.17) is 5.11 Å². The Morgan fingerprint density at radius 2 is 2.07 bits per heavy atom. The Bertz CT molecular complexity index is 1090. The molecule has 154 valence electrons. The van der Waals surface area contributed by atoms with Gasteiger partial charge in [-0.2, -0.15) is 0 Å². The van der Waals surface area contributed by atoms with Crippen LogP contribution in [0.1, 0.15) is 45.4 Å². The molecule has 5 rings (SSSR count). The van der Waals surface area contributed by atoms with Crippen LogP contribution in [0.25, 0.3) is 10.2 Å². The second kappa shape index (κ2) is 9.02. The summed E-state index contributed by atoms with van der Waals surface area (Å²) in [4.78, 5) is 30.5. The van der Waals surface area contributed by atoms with Crippen LogP contribution in [0.2, 0.25) is 0 Å². The van der Waals surface area contributed by atoms with Gasteiger partial charge in [-0.05, 0) is 49.4 Å². The van der Waals surface area contributed by atoms with Gasteiger partial charge in [0.1, 0.15) is 10.6 Å². The van der Waals surface area contributed by atoms with E-state index in [1.165, 1.54) is 22.3 Å². The maximum atomic E-state index is 13.2. The summed E-state index contributed by atoms with van der Waals surface area (Å²) in [5.41, 5.74) is 1.59. The number of thiophene rings is 1. The predicted octanol–water partition coefficient (Wildman–Crippen LogP) is 3.50. The number of H-pyrrole nitrogens is 1. The number of carboxylic acids is 1.